The summed E-state index contributed by atoms with van der Waals surface area (Å²) in [5, 5.41) is 3.65. The fraction of sp³-hybridized carbons (Fsp3) is 0.238. The topological polar surface area (TPSA) is 79.5 Å². The average Bonchev–Trinajstić information content (AvgIpc) is 2.62. The predicted molar refractivity (Wildman–Crippen MR) is 116 cm³/mol. The molecular formula is C21H23Cl2N3O3. The molecule has 0 unspecified atom stereocenters. The first-order valence-electron chi connectivity index (χ1n) is 8.85. The molecule has 6 nitrogen and oxygen atoms in total. The van der Waals surface area contributed by atoms with Gasteiger partial charge < -0.3 is 15.5 Å². The normalized spacial score (nSPS) is 11.0. The molecule has 8 heteroatoms. The molecule has 0 fully saturated rings. The van der Waals surface area contributed by atoms with Crippen molar-refractivity contribution >= 4 is 40.7 Å². The van der Waals surface area contributed by atoms with Gasteiger partial charge in [0.15, 0.2) is 6.61 Å². The van der Waals surface area contributed by atoms with Gasteiger partial charge in [-0.05, 0) is 57.0 Å². The van der Waals surface area contributed by atoms with Gasteiger partial charge in [0, 0.05) is 22.5 Å². The first-order chi connectivity index (χ1) is 13.7. The third-order valence-corrected chi connectivity index (χ3v) is 4.46. The van der Waals surface area contributed by atoms with Crippen LogP contribution in [0.25, 0.3) is 0 Å². The first-order valence-corrected chi connectivity index (χ1v) is 9.61. The third kappa shape index (κ3) is 7.00. The van der Waals surface area contributed by atoms with Crippen molar-refractivity contribution in [3.05, 3.63) is 68.8 Å². The van der Waals surface area contributed by atoms with E-state index in [1.54, 1.807) is 19.1 Å². The maximum Gasteiger partial charge on any atom is 0.276 e. The Morgan fingerprint density at radius 1 is 1.03 bits per heavy atom. The van der Waals surface area contributed by atoms with Crippen LogP contribution in [0.2, 0.25) is 10.0 Å². The van der Waals surface area contributed by atoms with Crippen molar-refractivity contribution in [3.8, 4) is 5.75 Å². The molecule has 29 heavy (non-hydrogen) atoms. The van der Waals surface area contributed by atoms with Crippen LogP contribution in [0, 0.1) is 20.8 Å². The molecule has 154 valence electrons. The van der Waals surface area contributed by atoms with Crippen molar-refractivity contribution in [2.75, 3.05) is 11.9 Å². The molecule has 3 N–H and O–H groups in total. The van der Waals surface area contributed by atoms with E-state index < -0.39 is 5.91 Å². The lowest BCUT2D eigenvalue weighted by molar-refractivity contribution is -0.124. The number of aryl methyl sites for hydroxylation is 3. The lowest BCUT2D eigenvalue weighted by atomic mass is 10.1. The predicted octanol–water partition coefficient (Wildman–Crippen LogP) is 4.46. The Bertz CT molecular complexity index is 935. The van der Waals surface area contributed by atoms with E-state index in [1.165, 1.54) is 12.1 Å². The number of allylic oxidation sites excluding steroid dienone is 1. The van der Waals surface area contributed by atoms with Crippen LogP contribution in [0.4, 0.5) is 5.69 Å². The number of hydrogen-bond donors (Lipinski definition) is 3. The van der Waals surface area contributed by atoms with E-state index in [-0.39, 0.29) is 12.5 Å². The van der Waals surface area contributed by atoms with Crippen LogP contribution < -0.4 is 20.9 Å². The number of rotatable bonds is 7. The van der Waals surface area contributed by atoms with E-state index in [9.17, 15) is 9.59 Å². The molecule has 2 aromatic carbocycles. The Morgan fingerprint density at radius 2 is 1.69 bits per heavy atom. The number of hydrazine groups is 1. The molecule has 2 amide bonds. The molecule has 0 aliphatic carbocycles. The first kappa shape index (κ1) is 22.6. The van der Waals surface area contributed by atoms with Gasteiger partial charge in [0.25, 0.3) is 5.91 Å². The van der Waals surface area contributed by atoms with Crippen LogP contribution in [0.15, 0.2) is 42.1 Å². The summed E-state index contributed by atoms with van der Waals surface area (Å²) >= 11 is 11.8. The van der Waals surface area contributed by atoms with Crippen molar-refractivity contribution in [2.24, 2.45) is 0 Å². The second kappa shape index (κ2) is 10.2. The maximum absolute atomic E-state index is 12.2. The summed E-state index contributed by atoms with van der Waals surface area (Å²) in [6, 6.07) is 8.73. The molecule has 0 heterocycles. The minimum absolute atomic E-state index is 0.254. The zero-order chi connectivity index (χ0) is 21.6. The van der Waals surface area contributed by atoms with Crippen molar-refractivity contribution in [1.82, 2.24) is 10.9 Å². The molecule has 2 rings (SSSR count). The molecule has 0 radical (unpaired) electrons. The van der Waals surface area contributed by atoms with Crippen LogP contribution >= 0.6 is 23.2 Å². The Kier molecular flexibility index (Phi) is 7.93. The highest BCUT2D eigenvalue weighted by Crippen LogP contribution is 2.27. The minimum atomic E-state index is -0.436. The highest BCUT2D eigenvalue weighted by molar-refractivity contribution is 6.35. The summed E-state index contributed by atoms with van der Waals surface area (Å²) in [4.78, 5) is 24.1. The van der Waals surface area contributed by atoms with Crippen LogP contribution in [0.1, 0.15) is 23.6 Å². The van der Waals surface area contributed by atoms with Gasteiger partial charge >= 0.3 is 0 Å². The molecule has 0 atom stereocenters. The van der Waals surface area contributed by atoms with Gasteiger partial charge in [0.05, 0.1) is 5.02 Å². The number of amides is 2. The van der Waals surface area contributed by atoms with E-state index >= 15 is 0 Å². The van der Waals surface area contributed by atoms with E-state index in [2.05, 4.69) is 16.2 Å². The summed E-state index contributed by atoms with van der Waals surface area (Å²) in [6.07, 6.45) is 1.36. The van der Waals surface area contributed by atoms with Gasteiger partial charge in [-0.3, -0.25) is 15.0 Å². The molecule has 0 bridgehead atoms. The average molecular weight is 436 g/mol. The number of carbonyl (C=O) groups excluding carboxylic acids is 2. The third-order valence-electron chi connectivity index (χ3n) is 3.92. The zero-order valence-corrected chi connectivity index (χ0v) is 18.2. The molecule has 0 spiro atoms. The van der Waals surface area contributed by atoms with Gasteiger partial charge in [-0.25, -0.2) is 0 Å². The molecule has 0 aromatic heterocycles. The number of halogens is 2. The van der Waals surface area contributed by atoms with Crippen molar-refractivity contribution in [1.29, 1.82) is 0 Å². The molecule has 0 saturated carbocycles. The molecular weight excluding hydrogens is 413 g/mol. The maximum atomic E-state index is 12.2. The molecule has 0 aliphatic rings. The van der Waals surface area contributed by atoms with Crippen molar-refractivity contribution in [3.63, 3.8) is 0 Å². The lowest BCUT2D eigenvalue weighted by Gasteiger charge is -2.13. The minimum Gasteiger partial charge on any atom is -0.482 e. The smallest absolute Gasteiger partial charge is 0.276 e. The lowest BCUT2D eigenvalue weighted by Crippen LogP contribution is -2.39. The SMILES string of the molecule is CC(=CC(=O)Nc1c(C)cc(C)cc1C)NNC(=O)COc1ccc(Cl)cc1Cl. The van der Waals surface area contributed by atoms with Crippen LogP contribution in [0.5, 0.6) is 5.75 Å². The highest BCUT2D eigenvalue weighted by Gasteiger charge is 2.08. The monoisotopic (exact) mass is 435 g/mol. The quantitative estimate of drug-likeness (QED) is 0.442. The van der Waals surface area contributed by atoms with Crippen molar-refractivity contribution < 1.29 is 14.3 Å². The number of anilines is 1. The standard InChI is InChI=1S/C21H23Cl2N3O3/c1-12-7-13(2)21(14(3)8-12)24-19(27)9-15(4)25-26-20(28)11-29-18-6-5-16(22)10-17(18)23/h5-10,25H,11H2,1-4H3,(H,24,27)(H,26,28). The van der Waals surface area contributed by atoms with Gasteiger partial charge in [-0.15, -0.1) is 0 Å². The number of benzene rings is 2. The number of carbonyl (C=O) groups is 2. The molecule has 0 saturated heterocycles. The van der Waals surface area contributed by atoms with E-state index in [1.807, 2.05) is 32.9 Å². The number of ether oxygens (including phenoxy) is 1. The van der Waals surface area contributed by atoms with Gasteiger partial charge in [-0.1, -0.05) is 40.9 Å². The summed E-state index contributed by atoms with van der Waals surface area (Å²) in [6.45, 7) is 7.29. The highest BCUT2D eigenvalue weighted by atomic mass is 35.5. The van der Waals surface area contributed by atoms with Crippen LogP contribution in [-0.4, -0.2) is 18.4 Å². The molecule has 2 aromatic rings. The summed E-state index contributed by atoms with van der Waals surface area (Å²) in [7, 11) is 0. The summed E-state index contributed by atoms with van der Waals surface area (Å²) in [5.41, 5.74) is 9.47. The van der Waals surface area contributed by atoms with E-state index in [0.717, 1.165) is 22.4 Å². The Morgan fingerprint density at radius 3 is 2.31 bits per heavy atom. The summed E-state index contributed by atoms with van der Waals surface area (Å²) in [5.74, 6) is -0.389. The zero-order valence-electron chi connectivity index (χ0n) is 16.7. The van der Waals surface area contributed by atoms with Crippen LogP contribution in [-0.2, 0) is 9.59 Å². The van der Waals surface area contributed by atoms with Crippen LogP contribution in [0.3, 0.4) is 0 Å². The van der Waals surface area contributed by atoms with Crippen molar-refractivity contribution in [2.45, 2.75) is 27.7 Å². The number of nitrogens with one attached hydrogen (secondary N) is 3. The van der Waals surface area contributed by atoms with Gasteiger partial charge in [0.2, 0.25) is 5.91 Å². The second-order valence-corrected chi connectivity index (χ2v) is 7.47. The Balaban J connectivity index is 1.84. The van der Waals surface area contributed by atoms with E-state index in [4.69, 9.17) is 27.9 Å². The largest absolute Gasteiger partial charge is 0.482 e. The fourth-order valence-electron chi connectivity index (χ4n) is 2.71. The van der Waals surface area contributed by atoms with E-state index in [0.29, 0.717) is 21.5 Å². The second-order valence-electron chi connectivity index (χ2n) is 6.63. The van der Waals surface area contributed by atoms with Gasteiger partial charge in [-0.2, -0.15) is 0 Å². The Labute approximate surface area is 180 Å². The molecule has 0 aliphatic heterocycles. The van der Waals surface area contributed by atoms with Gasteiger partial charge in [0.1, 0.15) is 5.75 Å². The number of hydrogen-bond acceptors (Lipinski definition) is 4. The summed E-state index contributed by atoms with van der Waals surface area (Å²) < 4.78 is 5.34. The Hall–Kier alpha value is -2.70. The fourth-order valence-corrected chi connectivity index (χ4v) is 3.17.